The lowest BCUT2D eigenvalue weighted by Crippen LogP contribution is -2.42. The summed E-state index contributed by atoms with van der Waals surface area (Å²) >= 11 is 0. The molecule has 0 aliphatic heterocycles. The number of hydrogen-bond donors (Lipinski definition) is 3. The van der Waals surface area contributed by atoms with Crippen LogP contribution in [0.4, 0.5) is 0 Å². The van der Waals surface area contributed by atoms with Gasteiger partial charge in [0.15, 0.2) is 0 Å². The summed E-state index contributed by atoms with van der Waals surface area (Å²) in [4.78, 5) is 21.6. The van der Waals surface area contributed by atoms with Gasteiger partial charge in [-0.2, -0.15) is 0 Å². The molecule has 0 unspecified atom stereocenters. The Morgan fingerprint density at radius 1 is 1.50 bits per heavy atom. The first-order chi connectivity index (χ1) is 8.21. The molecule has 1 rings (SSSR count). The van der Waals surface area contributed by atoms with Crippen LogP contribution in [0.3, 0.4) is 0 Å². The third-order valence-electron chi connectivity index (χ3n) is 2.60. The molecule has 0 saturated heterocycles. The number of aryl methyl sites for hydroxylation is 1. The topological polar surface area (TPSA) is 106 Å². The molecule has 1 aromatic rings. The maximum atomic E-state index is 10.9. The van der Waals surface area contributed by atoms with Crippen LogP contribution < -0.4 is 11.1 Å². The van der Waals surface area contributed by atoms with Crippen molar-refractivity contribution in [2.75, 3.05) is 0 Å². The Bertz CT molecular complexity index is 463. The monoisotopic (exact) mass is 254 g/mol. The van der Waals surface area contributed by atoms with Gasteiger partial charge in [-0.05, 0) is 26.8 Å². The normalized spacial score (nSPS) is 11.5. The Balaban J connectivity index is 2.68. The van der Waals surface area contributed by atoms with E-state index >= 15 is 0 Å². The smallest absolute Gasteiger partial charge is 0.371 e. The molecule has 0 atom stereocenters. The SMILES string of the molecule is Cc1oc(C(=O)O)cc1CNC(C)(C)CC(N)=O. The van der Waals surface area contributed by atoms with Gasteiger partial charge < -0.3 is 20.6 Å². The summed E-state index contributed by atoms with van der Waals surface area (Å²) in [5.74, 6) is -1.02. The quantitative estimate of drug-likeness (QED) is 0.703. The molecule has 4 N–H and O–H groups in total. The lowest BCUT2D eigenvalue weighted by Gasteiger charge is -2.24. The molecular weight excluding hydrogens is 236 g/mol. The highest BCUT2D eigenvalue weighted by molar-refractivity contribution is 5.84. The number of carbonyl (C=O) groups excluding carboxylic acids is 1. The molecule has 100 valence electrons. The number of carboxylic acid groups (broad SMARTS) is 1. The highest BCUT2D eigenvalue weighted by atomic mass is 16.4. The van der Waals surface area contributed by atoms with Gasteiger partial charge in [0.1, 0.15) is 5.76 Å². The van der Waals surface area contributed by atoms with Gasteiger partial charge in [0.05, 0.1) is 0 Å². The first kappa shape index (κ1) is 14.2. The molecule has 0 saturated carbocycles. The van der Waals surface area contributed by atoms with Crippen LogP contribution >= 0.6 is 0 Å². The van der Waals surface area contributed by atoms with Gasteiger partial charge in [0.2, 0.25) is 11.7 Å². The number of nitrogens with one attached hydrogen (secondary N) is 1. The van der Waals surface area contributed by atoms with Crippen LogP contribution in [-0.2, 0) is 11.3 Å². The average Bonchev–Trinajstić information content (AvgIpc) is 2.55. The van der Waals surface area contributed by atoms with Crippen molar-refractivity contribution < 1.29 is 19.1 Å². The highest BCUT2D eigenvalue weighted by Crippen LogP contribution is 2.16. The number of primary amides is 1. The van der Waals surface area contributed by atoms with Crippen LogP contribution in [-0.4, -0.2) is 22.5 Å². The van der Waals surface area contributed by atoms with E-state index in [-0.39, 0.29) is 18.1 Å². The first-order valence-electron chi connectivity index (χ1n) is 5.57. The van der Waals surface area contributed by atoms with Crippen LogP contribution in [0.5, 0.6) is 0 Å². The van der Waals surface area contributed by atoms with Crippen LogP contribution in [0.1, 0.15) is 42.1 Å². The van der Waals surface area contributed by atoms with Crippen LogP contribution in [0.15, 0.2) is 10.5 Å². The van der Waals surface area contributed by atoms with Crippen molar-refractivity contribution in [1.82, 2.24) is 5.32 Å². The number of amides is 1. The van der Waals surface area contributed by atoms with E-state index in [4.69, 9.17) is 15.3 Å². The summed E-state index contributed by atoms with van der Waals surface area (Å²) in [6.45, 7) is 5.82. The van der Waals surface area contributed by atoms with Gasteiger partial charge in [-0.1, -0.05) is 0 Å². The Hall–Kier alpha value is -1.82. The van der Waals surface area contributed by atoms with Crippen molar-refractivity contribution in [2.24, 2.45) is 5.73 Å². The second-order valence-corrected chi connectivity index (χ2v) is 4.88. The third kappa shape index (κ3) is 3.89. The fourth-order valence-corrected chi connectivity index (χ4v) is 1.63. The molecule has 6 heteroatoms. The average molecular weight is 254 g/mol. The lowest BCUT2D eigenvalue weighted by molar-refractivity contribution is -0.119. The Kier molecular flexibility index (Phi) is 4.13. The van der Waals surface area contributed by atoms with E-state index in [1.54, 1.807) is 6.92 Å². The molecule has 0 aromatic carbocycles. The summed E-state index contributed by atoms with van der Waals surface area (Å²) in [5, 5.41) is 11.9. The van der Waals surface area contributed by atoms with Gasteiger partial charge in [-0.3, -0.25) is 4.79 Å². The van der Waals surface area contributed by atoms with Gasteiger partial charge in [-0.25, -0.2) is 4.79 Å². The minimum absolute atomic E-state index is 0.0861. The molecule has 0 spiro atoms. The Labute approximate surface area is 105 Å². The number of carboxylic acids is 1. The first-order valence-corrected chi connectivity index (χ1v) is 5.57. The summed E-state index contributed by atoms with van der Waals surface area (Å²) in [6, 6.07) is 1.48. The van der Waals surface area contributed by atoms with Crippen LogP contribution in [0.25, 0.3) is 0 Å². The minimum atomic E-state index is -1.10. The predicted molar refractivity (Wildman–Crippen MR) is 65.1 cm³/mol. The molecule has 0 bridgehead atoms. The van der Waals surface area contributed by atoms with Crippen LogP contribution in [0.2, 0.25) is 0 Å². The summed E-state index contributed by atoms with van der Waals surface area (Å²) in [6.07, 6.45) is 0.204. The number of rotatable bonds is 6. The van der Waals surface area contributed by atoms with Crippen molar-refractivity contribution in [2.45, 2.75) is 39.3 Å². The van der Waals surface area contributed by atoms with E-state index < -0.39 is 11.5 Å². The number of hydrogen-bond acceptors (Lipinski definition) is 4. The van der Waals surface area contributed by atoms with E-state index in [9.17, 15) is 9.59 Å². The molecule has 0 fully saturated rings. The van der Waals surface area contributed by atoms with Crippen molar-refractivity contribution in [3.63, 3.8) is 0 Å². The summed E-state index contributed by atoms with van der Waals surface area (Å²) < 4.78 is 5.09. The second kappa shape index (κ2) is 5.22. The standard InChI is InChI=1S/C12H18N2O4/c1-7-8(4-9(18-7)11(16)17)6-14-12(2,3)5-10(13)15/h4,14H,5-6H2,1-3H3,(H2,13,15)(H,16,17). The lowest BCUT2D eigenvalue weighted by atomic mass is 10.00. The molecule has 0 aliphatic rings. The van der Waals surface area contributed by atoms with Crippen molar-refractivity contribution >= 4 is 11.9 Å². The Morgan fingerprint density at radius 3 is 2.56 bits per heavy atom. The zero-order valence-corrected chi connectivity index (χ0v) is 10.7. The van der Waals surface area contributed by atoms with E-state index in [0.717, 1.165) is 5.56 Å². The zero-order valence-electron chi connectivity index (χ0n) is 10.7. The minimum Gasteiger partial charge on any atom is -0.475 e. The summed E-state index contributed by atoms with van der Waals surface area (Å²) in [5.41, 5.74) is 5.46. The van der Waals surface area contributed by atoms with Gasteiger partial charge in [0.25, 0.3) is 0 Å². The summed E-state index contributed by atoms with van der Waals surface area (Å²) in [7, 11) is 0. The molecule has 1 aromatic heterocycles. The molecule has 0 radical (unpaired) electrons. The molecule has 1 amide bonds. The number of carbonyl (C=O) groups is 2. The van der Waals surface area contributed by atoms with Crippen molar-refractivity contribution in [3.05, 3.63) is 23.2 Å². The molecular formula is C12H18N2O4. The third-order valence-corrected chi connectivity index (χ3v) is 2.60. The van der Waals surface area contributed by atoms with E-state index in [1.807, 2.05) is 13.8 Å². The zero-order chi connectivity index (χ0) is 13.9. The van der Waals surface area contributed by atoms with E-state index in [0.29, 0.717) is 12.3 Å². The largest absolute Gasteiger partial charge is 0.475 e. The molecule has 18 heavy (non-hydrogen) atoms. The fourth-order valence-electron chi connectivity index (χ4n) is 1.63. The number of furan rings is 1. The van der Waals surface area contributed by atoms with E-state index in [2.05, 4.69) is 5.32 Å². The predicted octanol–water partition coefficient (Wildman–Crippen LogP) is 1.03. The van der Waals surface area contributed by atoms with Gasteiger partial charge >= 0.3 is 5.97 Å². The Morgan fingerprint density at radius 2 is 2.11 bits per heavy atom. The number of nitrogens with two attached hydrogens (primary N) is 1. The van der Waals surface area contributed by atoms with Gasteiger partial charge in [0, 0.05) is 24.1 Å². The maximum absolute atomic E-state index is 10.9. The van der Waals surface area contributed by atoms with Crippen LogP contribution in [0, 0.1) is 6.92 Å². The van der Waals surface area contributed by atoms with Crippen molar-refractivity contribution in [3.8, 4) is 0 Å². The maximum Gasteiger partial charge on any atom is 0.371 e. The molecule has 0 aliphatic carbocycles. The second-order valence-electron chi connectivity index (χ2n) is 4.88. The van der Waals surface area contributed by atoms with Gasteiger partial charge in [-0.15, -0.1) is 0 Å². The fraction of sp³-hybridized carbons (Fsp3) is 0.500. The van der Waals surface area contributed by atoms with Crippen molar-refractivity contribution in [1.29, 1.82) is 0 Å². The molecule has 1 heterocycles. The number of aromatic carboxylic acids is 1. The highest BCUT2D eigenvalue weighted by Gasteiger charge is 2.21. The van der Waals surface area contributed by atoms with E-state index in [1.165, 1.54) is 6.07 Å². The molecule has 6 nitrogen and oxygen atoms in total.